The highest BCUT2D eigenvalue weighted by molar-refractivity contribution is 6.32. The third-order valence-corrected chi connectivity index (χ3v) is 2.37. The molecule has 1 aromatic carbocycles. The average Bonchev–Trinajstić information content (AvgIpc) is 2.85. The number of nitrogens with zero attached hydrogens (tertiary/aromatic N) is 3. The maximum Gasteiger partial charge on any atom is 0.184 e. The molecule has 0 aliphatic carbocycles. The van der Waals surface area contributed by atoms with Gasteiger partial charge in [0.05, 0.1) is 0 Å². The zero-order chi connectivity index (χ0) is 12.3. The monoisotopic (exact) mass is 250 g/mol. The van der Waals surface area contributed by atoms with Crippen LogP contribution < -0.4 is 0 Å². The van der Waals surface area contributed by atoms with Crippen molar-refractivity contribution in [1.82, 2.24) is 20.6 Å². The summed E-state index contributed by atoms with van der Waals surface area (Å²) in [7, 11) is 0. The number of aliphatic hydroxyl groups is 1. The molecule has 0 fully saturated rings. The van der Waals surface area contributed by atoms with E-state index in [2.05, 4.69) is 20.6 Å². The zero-order valence-electron chi connectivity index (χ0n) is 8.46. The molecule has 17 heavy (non-hydrogen) atoms. The van der Waals surface area contributed by atoms with Gasteiger partial charge in [0.15, 0.2) is 17.9 Å². The summed E-state index contributed by atoms with van der Waals surface area (Å²) < 4.78 is 0. The van der Waals surface area contributed by atoms with Crippen molar-refractivity contribution in [2.45, 2.75) is 0 Å². The van der Waals surface area contributed by atoms with Gasteiger partial charge in [-0.15, -0.1) is 5.10 Å². The molecule has 7 heteroatoms. The Morgan fingerprint density at radius 1 is 1.47 bits per heavy atom. The number of carbonyl (C=O) groups excluding carboxylic acids is 1. The normalized spacial score (nSPS) is 11.5. The number of H-pyrrole nitrogens is 1. The lowest BCUT2D eigenvalue weighted by Gasteiger charge is -2.01. The minimum Gasteiger partial charge on any atom is -0.505 e. The summed E-state index contributed by atoms with van der Waals surface area (Å²) in [6.45, 7) is 0. The minimum atomic E-state index is -0.388. The number of aromatic amines is 1. The molecule has 0 amide bonds. The molecule has 1 aromatic heterocycles. The predicted molar refractivity (Wildman–Crippen MR) is 61.3 cm³/mol. The average molecular weight is 251 g/mol. The number of hydrogen-bond donors (Lipinski definition) is 2. The van der Waals surface area contributed by atoms with E-state index in [1.165, 1.54) is 6.08 Å². The van der Waals surface area contributed by atoms with E-state index < -0.39 is 0 Å². The van der Waals surface area contributed by atoms with E-state index in [1.54, 1.807) is 18.2 Å². The van der Waals surface area contributed by atoms with Crippen molar-refractivity contribution in [2.75, 3.05) is 0 Å². The maximum atomic E-state index is 10.3. The molecule has 0 aliphatic rings. The highest BCUT2D eigenvalue weighted by atomic mass is 35.5. The van der Waals surface area contributed by atoms with Gasteiger partial charge in [-0.2, -0.15) is 0 Å². The van der Waals surface area contributed by atoms with E-state index in [1.807, 2.05) is 0 Å². The van der Waals surface area contributed by atoms with Crippen molar-refractivity contribution in [3.63, 3.8) is 0 Å². The zero-order valence-corrected chi connectivity index (χ0v) is 9.22. The van der Waals surface area contributed by atoms with E-state index in [9.17, 15) is 4.79 Å². The van der Waals surface area contributed by atoms with Crippen LogP contribution in [0.5, 0.6) is 0 Å². The number of tetrazole rings is 1. The van der Waals surface area contributed by atoms with Gasteiger partial charge in [-0.3, -0.25) is 4.79 Å². The van der Waals surface area contributed by atoms with Crippen molar-refractivity contribution in [2.24, 2.45) is 0 Å². The minimum absolute atomic E-state index is 0.338. The Morgan fingerprint density at radius 2 is 2.29 bits per heavy atom. The molecule has 6 nitrogen and oxygen atoms in total. The van der Waals surface area contributed by atoms with Crippen molar-refractivity contribution in [3.8, 4) is 11.4 Å². The molecule has 0 aliphatic heterocycles. The summed E-state index contributed by atoms with van der Waals surface area (Å²) in [4.78, 5) is 10.3. The maximum absolute atomic E-state index is 10.3. The molecule has 0 bridgehead atoms. The summed E-state index contributed by atoms with van der Waals surface area (Å²) in [5.41, 5.74) is 1.25. The number of allylic oxidation sites excluding steroid dienone is 1. The largest absolute Gasteiger partial charge is 0.505 e. The smallest absolute Gasteiger partial charge is 0.184 e. The number of halogens is 1. The van der Waals surface area contributed by atoms with Crippen LogP contribution in [-0.4, -0.2) is 32.0 Å². The van der Waals surface area contributed by atoms with Crippen LogP contribution >= 0.6 is 11.6 Å². The molecule has 2 N–H and O–H groups in total. The van der Waals surface area contributed by atoms with E-state index in [0.29, 0.717) is 28.3 Å². The van der Waals surface area contributed by atoms with Gasteiger partial charge in [-0.1, -0.05) is 23.7 Å². The fraction of sp³-hybridized carbons (Fsp3) is 0. The SMILES string of the molecule is O=C/C(O)=C\c1ccc(-c2nnn[nH]2)cc1Cl. The number of nitrogens with one attached hydrogen (secondary N) is 1. The molecular weight excluding hydrogens is 244 g/mol. The highest BCUT2D eigenvalue weighted by Gasteiger charge is 2.05. The van der Waals surface area contributed by atoms with Gasteiger partial charge in [0, 0.05) is 10.6 Å². The molecule has 0 atom stereocenters. The van der Waals surface area contributed by atoms with Gasteiger partial charge in [0.1, 0.15) is 0 Å². The van der Waals surface area contributed by atoms with E-state index in [-0.39, 0.29) is 5.76 Å². The van der Waals surface area contributed by atoms with Crippen LogP contribution in [0.4, 0.5) is 0 Å². The molecule has 0 saturated heterocycles. The molecule has 1 heterocycles. The van der Waals surface area contributed by atoms with Gasteiger partial charge < -0.3 is 5.11 Å². The van der Waals surface area contributed by atoms with E-state index in [0.717, 1.165) is 0 Å². The second kappa shape index (κ2) is 4.75. The molecule has 0 radical (unpaired) electrons. The predicted octanol–water partition coefficient (Wildman–Crippen LogP) is 1.62. The number of aliphatic hydroxyl groups excluding tert-OH is 1. The van der Waals surface area contributed by atoms with Gasteiger partial charge in [0.2, 0.25) is 0 Å². The molecule has 86 valence electrons. The topological polar surface area (TPSA) is 91.8 Å². The number of carbonyl (C=O) groups is 1. The number of aromatic nitrogens is 4. The van der Waals surface area contributed by atoms with Crippen LogP contribution in [0.3, 0.4) is 0 Å². The molecule has 0 unspecified atom stereocenters. The van der Waals surface area contributed by atoms with Crippen LogP contribution in [0.25, 0.3) is 17.5 Å². The standard InChI is InChI=1S/C10H7ClN4O2/c11-9-4-7(10-12-14-15-13-10)2-1-6(9)3-8(17)5-16/h1-5,17H,(H,12,13,14,15)/b8-3+. The molecule has 2 rings (SSSR count). The highest BCUT2D eigenvalue weighted by Crippen LogP contribution is 2.24. The lowest BCUT2D eigenvalue weighted by Crippen LogP contribution is -1.86. The third-order valence-electron chi connectivity index (χ3n) is 2.04. The fourth-order valence-electron chi connectivity index (χ4n) is 1.27. The summed E-state index contributed by atoms with van der Waals surface area (Å²) in [5.74, 6) is 0.100. The Bertz CT molecular complexity index is 566. The van der Waals surface area contributed by atoms with Crippen molar-refractivity contribution in [1.29, 1.82) is 0 Å². The Hall–Kier alpha value is -2.21. The summed E-state index contributed by atoms with van der Waals surface area (Å²) in [6.07, 6.45) is 1.61. The Kier molecular flexibility index (Phi) is 3.15. The first-order valence-corrected chi connectivity index (χ1v) is 4.98. The Balaban J connectivity index is 2.39. The molecule has 2 aromatic rings. The quantitative estimate of drug-likeness (QED) is 0.491. The first-order chi connectivity index (χ1) is 8.20. The van der Waals surface area contributed by atoms with Gasteiger partial charge in [-0.25, -0.2) is 5.10 Å². The van der Waals surface area contributed by atoms with Gasteiger partial charge >= 0.3 is 0 Å². The van der Waals surface area contributed by atoms with Crippen LogP contribution in [0.1, 0.15) is 5.56 Å². The van der Waals surface area contributed by atoms with Crippen LogP contribution in [0.2, 0.25) is 5.02 Å². The summed E-state index contributed by atoms with van der Waals surface area (Å²) >= 11 is 5.99. The number of hydrogen-bond acceptors (Lipinski definition) is 5. The first-order valence-electron chi connectivity index (χ1n) is 4.60. The van der Waals surface area contributed by atoms with Gasteiger partial charge in [-0.05, 0) is 28.1 Å². The molecule has 0 saturated carbocycles. The van der Waals surface area contributed by atoms with Crippen LogP contribution in [0, 0.1) is 0 Å². The Morgan fingerprint density at radius 3 is 2.88 bits per heavy atom. The lowest BCUT2D eigenvalue weighted by atomic mass is 10.1. The second-order valence-electron chi connectivity index (χ2n) is 3.17. The lowest BCUT2D eigenvalue weighted by molar-refractivity contribution is -0.106. The number of benzene rings is 1. The van der Waals surface area contributed by atoms with Gasteiger partial charge in [0.25, 0.3) is 0 Å². The number of rotatable bonds is 3. The Labute approximate surface area is 101 Å². The van der Waals surface area contributed by atoms with E-state index in [4.69, 9.17) is 16.7 Å². The third kappa shape index (κ3) is 2.48. The first kappa shape index (κ1) is 11.3. The summed E-state index contributed by atoms with van der Waals surface area (Å²) in [5, 5.41) is 22.7. The van der Waals surface area contributed by atoms with Crippen molar-refractivity contribution < 1.29 is 9.90 Å². The van der Waals surface area contributed by atoms with Crippen LogP contribution in [-0.2, 0) is 4.79 Å². The van der Waals surface area contributed by atoms with Crippen molar-refractivity contribution >= 4 is 24.0 Å². The summed E-state index contributed by atoms with van der Waals surface area (Å²) in [6, 6.07) is 5.01. The second-order valence-corrected chi connectivity index (χ2v) is 3.58. The fourth-order valence-corrected chi connectivity index (χ4v) is 1.50. The van der Waals surface area contributed by atoms with E-state index >= 15 is 0 Å². The van der Waals surface area contributed by atoms with Crippen LogP contribution in [0.15, 0.2) is 24.0 Å². The number of aldehydes is 1. The molecule has 0 spiro atoms. The molecular formula is C10H7ClN4O2. The van der Waals surface area contributed by atoms with Crippen molar-refractivity contribution in [3.05, 3.63) is 34.5 Å².